The van der Waals surface area contributed by atoms with Gasteiger partial charge in [0.25, 0.3) is 0 Å². The summed E-state index contributed by atoms with van der Waals surface area (Å²) < 4.78 is 10.8. The predicted octanol–water partition coefficient (Wildman–Crippen LogP) is 3.32. The van der Waals surface area contributed by atoms with Gasteiger partial charge < -0.3 is 19.3 Å². The molecule has 0 saturated carbocycles. The van der Waals surface area contributed by atoms with Gasteiger partial charge in [-0.25, -0.2) is 4.79 Å². The highest BCUT2D eigenvalue weighted by Gasteiger charge is 2.24. The molecule has 1 heterocycles. The molecule has 0 N–H and O–H groups in total. The van der Waals surface area contributed by atoms with E-state index < -0.39 is 0 Å². The molecule has 0 bridgehead atoms. The molecule has 6 nitrogen and oxygen atoms in total. The number of hydrogen-bond donors (Lipinski definition) is 0. The predicted molar refractivity (Wildman–Crippen MR) is 102 cm³/mol. The number of benzene rings is 2. The highest BCUT2D eigenvalue weighted by Crippen LogP contribution is 2.21. The van der Waals surface area contributed by atoms with Crippen LogP contribution in [0.3, 0.4) is 0 Å². The van der Waals surface area contributed by atoms with Gasteiger partial charge in [-0.2, -0.15) is 0 Å². The van der Waals surface area contributed by atoms with Crippen molar-refractivity contribution in [3.8, 4) is 11.5 Å². The van der Waals surface area contributed by atoms with Crippen LogP contribution in [0.2, 0.25) is 0 Å². The van der Waals surface area contributed by atoms with Gasteiger partial charge in [0.1, 0.15) is 11.5 Å². The van der Waals surface area contributed by atoms with E-state index in [2.05, 4.69) is 0 Å². The molecule has 0 aliphatic carbocycles. The third kappa shape index (κ3) is 5.23. The molecule has 6 heteroatoms. The summed E-state index contributed by atoms with van der Waals surface area (Å²) in [5, 5.41) is 0. The van der Waals surface area contributed by atoms with Crippen LogP contribution in [-0.2, 0) is 16.0 Å². The van der Waals surface area contributed by atoms with E-state index in [-0.39, 0.29) is 12.0 Å². The van der Waals surface area contributed by atoms with Crippen LogP contribution in [0.1, 0.15) is 12.5 Å². The molecule has 1 aliphatic heterocycles. The van der Waals surface area contributed by atoms with Crippen LogP contribution in [-0.4, -0.2) is 54.6 Å². The average Bonchev–Trinajstić information content (AvgIpc) is 2.70. The van der Waals surface area contributed by atoms with Crippen molar-refractivity contribution in [1.82, 2.24) is 9.80 Å². The van der Waals surface area contributed by atoms with Gasteiger partial charge in [0, 0.05) is 26.2 Å². The second kappa shape index (κ2) is 9.07. The summed E-state index contributed by atoms with van der Waals surface area (Å²) in [6, 6.07) is 17.1. The average molecular weight is 368 g/mol. The van der Waals surface area contributed by atoms with Crippen LogP contribution in [0.4, 0.5) is 4.79 Å². The summed E-state index contributed by atoms with van der Waals surface area (Å²) >= 11 is 0. The van der Waals surface area contributed by atoms with E-state index in [1.165, 1.54) is 0 Å². The summed E-state index contributed by atoms with van der Waals surface area (Å²) in [5.74, 6) is 1.58. The lowest BCUT2D eigenvalue weighted by Crippen LogP contribution is -2.51. The quantitative estimate of drug-likeness (QED) is 0.812. The molecule has 0 radical (unpaired) electrons. The lowest BCUT2D eigenvalue weighted by molar-refractivity contribution is -0.132. The van der Waals surface area contributed by atoms with E-state index in [1.54, 1.807) is 16.7 Å². The number of piperazine rings is 1. The van der Waals surface area contributed by atoms with E-state index in [0.29, 0.717) is 39.2 Å². The second-order valence-electron chi connectivity index (χ2n) is 6.30. The Balaban J connectivity index is 1.49. The van der Waals surface area contributed by atoms with Crippen LogP contribution in [0.15, 0.2) is 54.6 Å². The Kier molecular flexibility index (Phi) is 6.30. The Hall–Kier alpha value is -3.02. The van der Waals surface area contributed by atoms with Crippen molar-refractivity contribution in [2.45, 2.75) is 13.3 Å². The fourth-order valence-electron chi connectivity index (χ4n) is 2.94. The van der Waals surface area contributed by atoms with E-state index in [0.717, 1.165) is 17.1 Å². The fourth-order valence-corrected chi connectivity index (χ4v) is 2.94. The summed E-state index contributed by atoms with van der Waals surface area (Å²) in [7, 11) is 0. The minimum atomic E-state index is -0.307. The Morgan fingerprint density at radius 1 is 0.852 bits per heavy atom. The highest BCUT2D eigenvalue weighted by atomic mass is 16.6. The zero-order valence-electron chi connectivity index (χ0n) is 15.5. The molecule has 0 unspecified atom stereocenters. The summed E-state index contributed by atoms with van der Waals surface area (Å²) in [4.78, 5) is 27.7. The number of amides is 2. The molecular formula is C21H24N2O4. The lowest BCUT2D eigenvalue weighted by atomic mass is 10.1. The number of para-hydroxylation sites is 1. The fraction of sp³-hybridized carbons (Fsp3) is 0.333. The minimum absolute atomic E-state index is 0.0650. The SMILES string of the molecule is CCOC(=O)N1CCN(C(=O)Cc2ccc(Oc3ccccc3)cc2)CC1. The largest absolute Gasteiger partial charge is 0.457 e. The van der Waals surface area contributed by atoms with Crippen LogP contribution in [0, 0.1) is 0 Å². The maximum atomic E-state index is 12.5. The first-order chi connectivity index (χ1) is 13.2. The van der Waals surface area contributed by atoms with Crippen molar-refractivity contribution >= 4 is 12.0 Å². The molecule has 27 heavy (non-hydrogen) atoms. The van der Waals surface area contributed by atoms with Crippen molar-refractivity contribution in [2.24, 2.45) is 0 Å². The van der Waals surface area contributed by atoms with Crippen LogP contribution < -0.4 is 4.74 Å². The molecule has 1 aliphatic rings. The summed E-state index contributed by atoms with van der Waals surface area (Å²) in [6.07, 6.45) is 0.0315. The topological polar surface area (TPSA) is 59.1 Å². The number of ether oxygens (including phenoxy) is 2. The Labute approximate surface area is 159 Å². The van der Waals surface area contributed by atoms with Crippen molar-refractivity contribution in [3.05, 3.63) is 60.2 Å². The normalized spacial score (nSPS) is 14.0. The van der Waals surface area contributed by atoms with E-state index >= 15 is 0 Å². The van der Waals surface area contributed by atoms with Crippen LogP contribution in [0.25, 0.3) is 0 Å². The van der Waals surface area contributed by atoms with E-state index in [9.17, 15) is 9.59 Å². The number of carbonyl (C=O) groups is 2. The van der Waals surface area contributed by atoms with Crippen LogP contribution in [0.5, 0.6) is 11.5 Å². The molecule has 0 spiro atoms. The molecule has 2 aromatic carbocycles. The van der Waals surface area contributed by atoms with E-state index in [4.69, 9.17) is 9.47 Å². The van der Waals surface area contributed by atoms with Gasteiger partial charge in [-0.15, -0.1) is 0 Å². The third-order valence-electron chi connectivity index (χ3n) is 4.42. The zero-order valence-corrected chi connectivity index (χ0v) is 15.5. The zero-order chi connectivity index (χ0) is 19.1. The number of rotatable bonds is 5. The standard InChI is InChI=1S/C21H24N2O4/c1-2-26-21(25)23-14-12-22(13-15-23)20(24)16-17-8-10-19(11-9-17)27-18-6-4-3-5-7-18/h3-11H,2,12-16H2,1H3. The monoisotopic (exact) mass is 368 g/mol. The highest BCUT2D eigenvalue weighted by molar-refractivity contribution is 5.79. The molecule has 142 valence electrons. The first kappa shape index (κ1) is 18.8. The second-order valence-corrected chi connectivity index (χ2v) is 6.30. The van der Waals surface area contributed by atoms with Crippen molar-refractivity contribution in [1.29, 1.82) is 0 Å². The Morgan fingerprint density at radius 3 is 2.07 bits per heavy atom. The number of nitrogens with zero attached hydrogens (tertiary/aromatic N) is 2. The van der Waals surface area contributed by atoms with Crippen molar-refractivity contribution in [3.63, 3.8) is 0 Å². The van der Waals surface area contributed by atoms with Gasteiger partial charge in [0.2, 0.25) is 5.91 Å². The first-order valence-corrected chi connectivity index (χ1v) is 9.17. The summed E-state index contributed by atoms with van der Waals surface area (Å²) in [5.41, 5.74) is 0.938. The molecular weight excluding hydrogens is 344 g/mol. The molecule has 0 atom stereocenters. The van der Waals surface area contributed by atoms with Crippen molar-refractivity contribution in [2.75, 3.05) is 32.8 Å². The molecule has 0 aromatic heterocycles. The van der Waals surface area contributed by atoms with Crippen molar-refractivity contribution < 1.29 is 19.1 Å². The Bertz CT molecular complexity index is 754. The lowest BCUT2D eigenvalue weighted by Gasteiger charge is -2.34. The Morgan fingerprint density at radius 2 is 1.44 bits per heavy atom. The van der Waals surface area contributed by atoms with Crippen LogP contribution >= 0.6 is 0 Å². The smallest absolute Gasteiger partial charge is 0.409 e. The van der Waals surface area contributed by atoms with E-state index in [1.807, 2.05) is 54.6 Å². The third-order valence-corrected chi connectivity index (χ3v) is 4.42. The van der Waals surface area contributed by atoms with Gasteiger partial charge in [-0.3, -0.25) is 4.79 Å². The summed E-state index contributed by atoms with van der Waals surface area (Å²) in [6.45, 7) is 4.23. The van der Waals surface area contributed by atoms with Gasteiger partial charge >= 0.3 is 6.09 Å². The number of hydrogen-bond acceptors (Lipinski definition) is 4. The van der Waals surface area contributed by atoms with Gasteiger partial charge in [-0.1, -0.05) is 30.3 Å². The molecule has 1 saturated heterocycles. The molecule has 1 fully saturated rings. The first-order valence-electron chi connectivity index (χ1n) is 9.17. The maximum absolute atomic E-state index is 12.5. The number of carbonyl (C=O) groups excluding carboxylic acids is 2. The van der Waals surface area contributed by atoms with Gasteiger partial charge in [0.05, 0.1) is 13.0 Å². The van der Waals surface area contributed by atoms with Gasteiger partial charge in [0.15, 0.2) is 0 Å². The van der Waals surface area contributed by atoms with Gasteiger partial charge in [-0.05, 0) is 36.8 Å². The molecule has 3 rings (SSSR count). The molecule has 2 amide bonds. The maximum Gasteiger partial charge on any atom is 0.409 e. The molecule has 2 aromatic rings. The minimum Gasteiger partial charge on any atom is -0.457 e.